The SMILES string of the molecule is CC(C)C(NC(=O)c1ccccc1Cl)C(=O)NCc1cn2ccccc2n1. The van der Waals surface area contributed by atoms with Crippen molar-refractivity contribution in [1.82, 2.24) is 20.0 Å². The minimum atomic E-state index is -0.675. The van der Waals surface area contributed by atoms with E-state index < -0.39 is 6.04 Å². The number of imidazole rings is 1. The Bertz CT molecular complexity index is 934. The molecule has 0 saturated carbocycles. The lowest BCUT2D eigenvalue weighted by Gasteiger charge is -2.21. The number of halogens is 1. The van der Waals surface area contributed by atoms with Crippen LogP contribution in [0.25, 0.3) is 5.65 Å². The molecular formula is C20H21ClN4O2. The number of amides is 2. The third-order valence-electron chi connectivity index (χ3n) is 4.21. The Hall–Kier alpha value is -2.86. The third-order valence-corrected chi connectivity index (χ3v) is 4.54. The van der Waals surface area contributed by atoms with Crippen LogP contribution in [0.2, 0.25) is 5.02 Å². The molecule has 27 heavy (non-hydrogen) atoms. The minimum Gasteiger partial charge on any atom is -0.349 e. The van der Waals surface area contributed by atoms with Crippen LogP contribution >= 0.6 is 11.6 Å². The van der Waals surface area contributed by atoms with Gasteiger partial charge in [-0.05, 0) is 30.2 Å². The van der Waals surface area contributed by atoms with E-state index >= 15 is 0 Å². The molecule has 3 rings (SSSR count). The number of nitrogens with one attached hydrogen (secondary N) is 2. The molecule has 2 heterocycles. The highest BCUT2D eigenvalue weighted by Gasteiger charge is 2.25. The highest BCUT2D eigenvalue weighted by atomic mass is 35.5. The van der Waals surface area contributed by atoms with Gasteiger partial charge in [0.1, 0.15) is 11.7 Å². The number of pyridine rings is 1. The molecule has 0 spiro atoms. The van der Waals surface area contributed by atoms with Crippen molar-refractivity contribution >= 4 is 29.1 Å². The first-order valence-corrected chi connectivity index (χ1v) is 9.09. The summed E-state index contributed by atoms with van der Waals surface area (Å²) in [5.74, 6) is -0.720. The number of nitrogens with zero attached hydrogens (tertiary/aromatic N) is 2. The summed E-state index contributed by atoms with van der Waals surface area (Å²) >= 11 is 6.07. The van der Waals surface area contributed by atoms with Gasteiger partial charge in [0.15, 0.2) is 0 Å². The van der Waals surface area contributed by atoms with Gasteiger partial charge in [0, 0.05) is 12.4 Å². The predicted molar refractivity (Wildman–Crippen MR) is 105 cm³/mol. The van der Waals surface area contributed by atoms with Crippen molar-refractivity contribution in [3.05, 3.63) is 71.1 Å². The topological polar surface area (TPSA) is 75.5 Å². The number of hydrogen-bond donors (Lipinski definition) is 2. The van der Waals surface area contributed by atoms with E-state index in [9.17, 15) is 9.59 Å². The summed E-state index contributed by atoms with van der Waals surface area (Å²) in [6, 6.07) is 11.8. The molecule has 0 aliphatic heterocycles. The van der Waals surface area contributed by atoms with Crippen LogP contribution in [-0.4, -0.2) is 27.2 Å². The second kappa shape index (κ2) is 8.22. The second-order valence-corrected chi connectivity index (χ2v) is 7.00. The predicted octanol–water partition coefficient (Wildman–Crippen LogP) is 3.06. The van der Waals surface area contributed by atoms with E-state index in [0.717, 1.165) is 11.3 Å². The molecule has 3 aromatic rings. The monoisotopic (exact) mass is 384 g/mol. The Balaban J connectivity index is 1.66. The molecule has 0 saturated heterocycles. The summed E-state index contributed by atoms with van der Waals surface area (Å²) in [5, 5.41) is 5.98. The van der Waals surface area contributed by atoms with Crippen molar-refractivity contribution in [3.8, 4) is 0 Å². The summed E-state index contributed by atoms with van der Waals surface area (Å²) in [6.45, 7) is 4.04. The summed E-state index contributed by atoms with van der Waals surface area (Å²) in [6.07, 6.45) is 3.76. The van der Waals surface area contributed by atoms with Gasteiger partial charge in [-0.1, -0.05) is 43.6 Å². The highest BCUT2D eigenvalue weighted by Crippen LogP contribution is 2.15. The molecule has 1 aromatic carbocycles. The van der Waals surface area contributed by atoms with Crippen molar-refractivity contribution in [2.45, 2.75) is 26.4 Å². The van der Waals surface area contributed by atoms with Crippen LogP contribution in [0.5, 0.6) is 0 Å². The Morgan fingerprint density at radius 1 is 1.15 bits per heavy atom. The van der Waals surface area contributed by atoms with Gasteiger partial charge in [0.25, 0.3) is 5.91 Å². The lowest BCUT2D eigenvalue weighted by Crippen LogP contribution is -2.49. The first kappa shape index (κ1) is 18.9. The maximum absolute atomic E-state index is 12.6. The van der Waals surface area contributed by atoms with E-state index in [1.54, 1.807) is 24.3 Å². The molecule has 140 valence electrons. The zero-order chi connectivity index (χ0) is 19.4. The first-order chi connectivity index (χ1) is 13.0. The van der Waals surface area contributed by atoms with Crippen LogP contribution < -0.4 is 10.6 Å². The van der Waals surface area contributed by atoms with Crippen molar-refractivity contribution in [3.63, 3.8) is 0 Å². The van der Waals surface area contributed by atoms with E-state index in [0.29, 0.717) is 10.6 Å². The third kappa shape index (κ3) is 4.46. The molecule has 1 atom stereocenters. The molecular weight excluding hydrogens is 364 g/mol. The fourth-order valence-corrected chi connectivity index (χ4v) is 2.98. The van der Waals surface area contributed by atoms with Gasteiger partial charge < -0.3 is 15.0 Å². The molecule has 0 aliphatic carbocycles. The summed E-state index contributed by atoms with van der Waals surface area (Å²) in [7, 11) is 0. The molecule has 0 bridgehead atoms. The van der Waals surface area contributed by atoms with E-state index in [1.165, 1.54) is 0 Å². The average Bonchev–Trinajstić information content (AvgIpc) is 3.07. The van der Waals surface area contributed by atoms with Crippen LogP contribution in [0.3, 0.4) is 0 Å². The number of aromatic nitrogens is 2. The van der Waals surface area contributed by atoms with Gasteiger partial charge in [-0.15, -0.1) is 0 Å². The Morgan fingerprint density at radius 2 is 1.89 bits per heavy atom. The molecule has 0 radical (unpaired) electrons. The van der Waals surface area contributed by atoms with Gasteiger partial charge in [-0.3, -0.25) is 9.59 Å². The molecule has 0 aliphatic rings. The lowest BCUT2D eigenvalue weighted by molar-refractivity contribution is -0.124. The normalized spacial score (nSPS) is 12.1. The molecule has 2 amide bonds. The maximum atomic E-state index is 12.6. The van der Waals surface area contributed by atoms with Crippen molar-refractivity contribution < 1.29 is 9.59 Å². The quantitative estimate of drug-likeness (QED) is 0.685. The van der Waals surface area contributed by atoms with E-state index in [-0.39, 0.29) is 24.3 Å². The summed E-state index contributed by atoms with van der Waals surface area (Å²) < 4.78 is 1.89. The molecule has 2 N–H and O–H groups in total. The fraction of sp³-hybridized carbons (Fsp3) is 0.250. The van der Waals surface area contributed by atoms with Crippen LogP contribution in [0.15, 0.2) is 54.9 Å². The first-order valence-electron chi connectivity index (χ1n) is 8.71. The summed E-state index contributed by atoms with van der Waals surface area (Å²) in [5.41, 5.74) is 1.90. The zero-order valence-electron chi connectivity index (χ0n) is 15.1. The molecule has 7 heteroatoms. The van der Waals surface area contributed by atoms with Crippen molar-refractivity contribution in [2.75, 3.05) is 0 Å². The standard InChI is InChI=1S/C20H21ClN4O2/c1-13(2)18(24-19(26)15-7-3-4-8-16(15)21)20(27)22-11-14-12-25-10-6-5-9-17(25)23-14/h3-10,12-13,18H,11H2,1-2H3,(H,22,27)(H,24,26). The second-order valence-electron chi connectivity index (χ2n) is 6.59. The van der Waals surface area contributed by atoms with Gasteiger partial charge >= 0.3 is 0 Å². The molecule has 6 nitrogen and oxygen atoms in total. The van der Waals surface area contributed by atoms with E-state index in [2.05, 4.69) is 15.6 Å². The van der Waals surface area contributed by atoms with Crippen molar-refractivity contribution in [2.24, 2.45) is 5.92 Å². The van der Waals surface area contributed by atoms with Gasteiger partial charge in [-0.2, -0.15) is 0 Å². The highest BCUT2D eigenvalue weighted by molar-refractivity contribution is 6.33. The van der Waals surface area contributed by atoms with E-state index in [1.807, 2.05) is 48.8 Å². The van der Waals surface area contributed by atoms with Crippen LogP contribution in [0.1, 0.15) is 29.9 Å². The molecule has 2 aromatic heterocycles. The van der Waals surface area contributed by atoms with E-state index in [4.69, 9.17) is 11.6 Å². The minimum absolute atomic E-state index is 0.0856. The van der Waals surface area contributed by atoms with Crippen LogP contribution in [0, 0.1) is 5.92 Å². The lowest BCUT2D eigenvalue weighted by atomic mass is 10.0. The number of carbonyl (C=O) groups excluding carboxylic acids is 2. The van der Waals surface area contributed by atoms with Crippen LogP contribution in [-0.2, 0) is 11.3 Å². The zero-order valence-corrected chi connectivity index (χ0v) is 15.9. The van der Waals surface area contributed by atoms with Gasteiger partial charge in [0.2, 0.25) is 5.91 Å². The Morgan fingerprint density at radius 3 is 2.59 bits per heavy atom. The fourth-order valence-electron chi connectivity index (χ4n) is 2.76. The average molecular weight is 385 g/mol. The number of fused-ring (bicyclic) bond motifs is 1. The number of benzene rings is 1. The molecule has 1 unspecified atom stereocenters. The van der Waals surface area contributed by atoms with Gasteiger partial charge in [0.05, 0.1) is 22.8 Å². The number of hydrogen-bond acceptors (Lipinski definition) is 3. The van der Waals surface area contributed by atoms with Gasteiger partial charge in [-0.25, -0.2) is 4.98 Å². The largest absolute Gasteiger partial charge is 0.349 e. The summed E-state index contributed by atoms with van der Waals surface area (Å²) in [4.78, 5) is 29.6. The molecule has 0 fully saturated rings. The number of rotatable bonds is 6. The van der Waals surface area contributed by atoms with Crippen LogP contribution in [0.4, 0.5) is 0 Å². The van der Waals surface area contributed by atoms with Crippen molar-refractivity contribution in [1.29, 1.82) is 0 Å². The Labute approximate surface area is 162 Å². The smallest absolute Gasteiger partial charge is 0.253 e. The Kier molecular flexibility index (Phi) is 5.76. The maximum Gasteiger partial charge on any atom is 0.253 e. The number of carbonyl (C=O) groups is 2.